The molecule has 1 aromatic carbocycles. The van der Waals surface area contributed by atoms with Gasteiger partial charge >= 0.3 is 0 Å². The van der Waals surface area contributed by atoms with Crippen molar-refractivity contribution in [2.45, 2.75) is 0 Å². The topological polar surface area (TPSA) is 17.3 Å². The molecule has 0 spiro atoms. The molecule has 18 heavy (non-hydrogen) atoms. The number of hydrogen-bond acceptors (Lipinski definition) is 1. The van der Waals surface area contributed by atoms with Gasteiger partial charge in [-0.2, -0.15) is 0 Å². The lowest BCUT2D eigenvalue weighted by molar-refractivity contribution is 1.19. The van der Waals surface area contributed by atoms with Gasteiger partial charge in [-0.25, -0.2) is 4.98 Å². The maximum Gasteiger partial charge on any atom is 0.156 e. The highest BCUT2D eigenvalue weighted by molar-refractivity contribution is 6.36. The molecule has 5 heteroatoms. The van der Waals surface area contributed by atoms with Crippen molar-refractivity contribution in [2.24, 2.45) is 0 Å². The number of fused-ring (bicyclic) bond motifs is 1. The fourth-order valence-corrected chi connectivity index (χ4v) is 2.44. The quantitative estimate of drug-likeness (QED) is 0.620. The standard InChI is InChI=1S/C13H7Cl3N2/c14-9-3-1-8(2-4-9)12-7-18-6-10(15)5-11(16)13(18)17-12/h1-7H. The van der Waals surface area contributed by atoms with E-state index in [0.717, 1.165) is 11.3 Å². The van der Waals surface area contributed by atoms with Crippen molar-refractivity contribution < 1.29 is 0 Å². The summed E-state index contributed by atoms with van der Waals surface area (Å²) >= 11 is 17.9. The van der Waals surface area contributed by atoms with Crippen molar-refractivity contribution in [1.82, 2.24) is 9.38 Å². The van der Waals surface area contributed by atoms with E-state index in [0.29, 0.717) is 20.7 Å². The van der Waals surface area contributed by atoms with E-state index in [4.69, 9.17) is 34.8 Å². The van der Waals surface area contributed by atoms with E-state index >= 15 is 0 Å². The summed E-state index contributed by atoms with van der Waals surface area (Å²) in [5.74, 6) is 0. The van der Waals surface area contributed by atoms with Crippen LogP contribution in [0.5, 0.6) is 0 Å². The second-order valence-electron chi connectivity index (χ2n) is 3.87. The first-order valence-electron chi connectivity index (χ1n) is 5.23. The minimum atomic E-state index is 0.530. The van der Waals surface area contributed by atoms with Crippen LogP contribution < -0.4 is 0 Å². The van der Waals surface area contributed by atoms with E-state index in [-0.39, 0.29) is 0 Å². The minimum absolute atomic E-state index is 0.530. The average molecular weight is 298 g/mol. The Morgan fingerprint density at radius 2 is 1.61 bits per heavy atom. The SMILES string of the molecule is Clc1ccc(-c2cn3cc(Cl)cc(Cl)c3n2)cc1. The van der Waals surface area contributed by atoms with Crippen LogP contribution >= 0.6 is 34.8 Å². The Morgan fingerprint density at radius 1 is 0.889 bits per heavy atom. The van der Waals surface area contributed by atoms with Crippen LogP contribution in [0.3, 0.4) is 0 Å². The van der Waals surface area contributed by atoms with Gasteiger partial charge in [-0.05, 0) is 18.2 Å². The summed E-state index contributed by atoms with van der Waals surface area (Å²) in [5.41, 5.74) is 2.50. The molecule has 3 aromatic rings. The first kappa shape index (κ1) is 11.8. The van der Waals surface area contributed by atoms with Crippen molar-refractivity contribution in [3.63, 3.8) is 0 Å². The van der Waals surface area contributed by atoms with Gasteiger partial charge in [0.2, 0.25) is 0 Å². The van der Waals surface area contributed by atoms with Crippen LogP contribution in [-0.4, -0.2) is 9.38 Å². The lowest BCUT2D eigenvalue weighted by atomic mass is 10.2. The Hall–Kier alpha value is -1.22. The second-order valence-corrected chi connectivity index (χ2v) is 5.15. The van der Waals surface area contributed by atoms with Crippen molar-refractivity contribution in [1.29, 1.82) is 0 Å². The smallest absolute Gasteiger partial charge is 0.156 e. The predicted molar refractivity (Wildman–Crippen MR) is 75.7 cm³/mol. The molecule has 0 saturated heterocycles. The number of benzene rings is 1. The summed E-state index contributed by atoms with van der Waals surface area (Å²) in [4.78, 5) is 4.48. The third-order valence-electron chi connectivity index (χ3n) is 2.61. The summed E-state index contributed by atoms with van der Waals surface area (Å²) in [6.45, 7) is 0. The molecule has 0 aliphatic carbocycles. The molecule has 0 aliphatic rings. The molecule has 0 unspecified atom stereocenters. The average Bonchev–Trinajstić information content (AvgIpc) is 2.74. The van der Waals surface area contributed by atoms with Gasteiger partial charge in [0, 0.05) is 23.0 Å². The number of imidazole rings is 1. The summed E-state index contributed by atoms with van der Waals surface area (Å²) in [6, 6.07) is 9.17. The van der Waals surface area contributed by atoms with Gasteiger partial charge in [-0.1, -0.05) is 46.9 Å². The molecule has 2 heterocycles. The van der Waals surface area contributed by atoms with Gasteiger partial charge in [-0.3, -0.25) is 0 Å². The first-order valence-corrected chi connectivity index (χ1v) is 6.36. The Morgan fingerprint density at radius 3 is 2.33 bits per heavy atom. The van der Waals surface area contributed by atoms with Gasteiger partial charge in [0.1, 0.15) is 0 Å². The van der Waals surface area contributed by atoms with E-state index in [1.807, 2.05) is 34.9 Å². The van der Waals surface area contributed by atoms with Crippen LogP contribution in [0.1, 0.15) is 0 Å². The number of aromatic nitrogens is 2. The highest BCUT2D eigenvalue weighted by Gasteiger charge is 2.08. The van der Waals surface area contributed by atoms with Crippen LogP contribution in [-0.2, 0) is 0 Å². The van der Waals surface area contributed by atoms with E-state index in [1.54, 1.807) is 12.3 Å². The van der Waals surface area contributed by atoms with Crippen LogP contribution in [0, 0.1) is 0 Å². The van der Waals surface area contributed by atoms with Crippen LogP contribution in [0.15, 0.2) is 42.7 Å². The molecule has 0 fully saturated rings. The molecule has 0 atom stereocenters. The molecule has 90 valence electrons. The molecule has 0 aliphatic heterocycles. The van der Waals surface area contributed by atoms with Gasteiger partial charge in [-0.15, -0.1) is 0 Å². The van der Waals surface area contributed by atoms with Gasteiger partial charge in [0.05, 0.1) is 15.7 Å². The molecular weight excluding hydrogens is 291 g/mol. The molecule has 2 nitrogen and oxygen atoms in total. The second kappa shape index (κ2) is 4.47. The molecule has 0 N–H and O–H groups in total. The summed E-state index contributed by atoms with van der Waals surface area (Å²) < 4.78 is 1.81. The minimum Gasteiger partial charge on any atom is -0.304 e. The highest BCUT2D eigenvalue weighted by Crippen LogP contribution is 2.26. The highest BCUT2D eigenvalue weighted by atomic mass is 35.5. The molecule has 0 bridgehead atoms. The third-order valence-corrected chi connectivity index (χ3v) is 3.35. The largest absolute Gasteiger partial charge is 0.304 e. The van der Waals surface area contributed by atoms with Gasteiger partial charge in [0.15, 0.2) is 5.65 Å². The summed E-state index contributed by atoms with van der Waals surface area (Å²) in [6.07, 6.45) is 3.66. The van der Waals surface area contributed by atoms with E-state index in [9.17, 15) is 0 Å². The van der Waals surface area contributed by atoms with Crippen molar-refractivity contribution in [3.05, 3.63) is 57.8 Å². The molecule has 0 radical (unpaired) electrons. The zero-order valence-electron chi connectivity index (χ0n) is 9.07. The van der Waals surface area contributed by atoms with Crippen LogP contribution in [0.4, 0.5) is 0 Å². The summed E-state index contributed by atoms with van der Waals surface area (Å²) in [5, 5.41) is 1.80. The number of pyridine rings is 1. The Kier molecular flexibility index (Phi) is 2.94. The van der Waals surface area contributed by atoms with Crippen LogP contribution in [0.2, 0.25) is 15.1 Å². The number of nitrogens with zero attached hydrogens (tertiary/aromatic N) is 2. The fraction of sp³-hybridized carbons (Fsp3) is 0. The van der Waals surface area contributed by atoms with Crippen molar-refractivity contribution in [3.8, 4) is 11.3 Å². The Labute approximate surface area is 119 Å². The Balaban J connectivity index is 2.19. The van der Waals surface area contributed by atoms with E-state index in [2.05, 4.69) is 4.98 Å². The zero-order chi connectivity index (χ0) is 12.7. The maximum atomic E-state index is 6.10. The van der Waals surface area contributed by atoms with Gasteiger partial charge < -0.3 is 4.40 Å². The number of rotatable bonds is 1. The van der Waals surface area contributed by atoms with Gasteiger partial charge in [0.25, 0.3) is 0 Å². The molecule has 3 rings (SSSR count). The lowest BCUT2D eigenvalue weighted by Gasteiger charge is -1.95. The molecule has 2 aromatic heterocycles. The van der Waals surface area contributed by atoms with Crippen molar-refractivity contribution >= 4 is 40.4 Å². The van der Waals surface area contributed by atoms with E-state index < -0.39 is 0 Å². The van der Waals surface area contributed by atoms with Crippen molar-refractivity contribution in [2.75, 3.05) is 0 Å². The zero-order valence-corrected chi connectivity index (χ0v) is 11.3. The monoisotopic (exact) mass is 296 g/mol. The lowest BCUT2D eigenvalue weighted by Crippen LogP contribution is -1.82. The predicted octanol–water partition coefficient (Wildman–Crippen LogP) is 4.96. The summed E-state index contributed by atoms with van der Waals surface area (Å²) in [7, 11) is 0. The number of halogens is 3. The number of hydrogen-bond donors (Lipinski definition) is 0. The normalized spacial score (nSPS) is 11.1. The third kappa shape index (κ3) is 2.07. The maximum absolute atomic E-state index is 6.10. The fourth-order valence-electron chi connectivity index (χ4n) is 1.78. The molecular formula is C13H7Cl3N2. The Bertz CT molecular complexity index is 717. The molecule has 0 amide bonds. The first-order chi connectivity index (χ1) is 8.63. The van der Waals surface area contributed by atoms with E-state index in [1.165, 1.54) is 0 Å². The van der Waals surface area contributed by atoms with Crippen LogP contribution in [0.25, 0.3) is 16.9 Å². The molecule has 0 saturated carbocycles.